The summed E-state index contributed by atoms with van der Waals surface area (Å²) in [6, 6.07) is 10.2. The Kier molecular flexibility index (Phi) is 3.05. The molecule has 0 radical (unpaired) electrons. The predicted octanol–water partition coefficient (Wildman–Crippen LogP) is 3.76. The van der Waals surface area contributed by atoms with Crippen molar-refractivity contribution >= 4 is 33.5 Å². The number of hydrogen-bond acceptors (Lipinski definition) is 3. The molecule has 0 unspecified atom stereocenters. The van der Waals surface area contributed by atoms with Gasteiger partial charge in [-0.15, -0.1) is 0 Å². The van der Waals surface area contributed by atoms with E-state index < -0.39 is 0 Å². The van der Waals surface area contributed by atoms with Crippen LogP contribution >= 0.6 is 11.6 Å². The van der Waals surface area contributed by atoms with Crippen molar-refractivity contribution in [1.29, 1.82) is 0 Å². The zero-order valence-electron chi connectivity index (χ0n) is 12.0. The van der Waals surface area contributed by atoms with Crippen LogP contribution in [0.15, 0.2) is 48.9 Å². The number of nitrogens with zero attached hydrogens (tertiary/aromatic N) is 4. The smallest absolute Gasteiger partial charge is 0.111 e. The van der Waals surface area contributed by atoms with Gasteiger partial charge in [0.2, 0.25) is 0 Å². The zero-order valence-corrected chi connectivity index (χ0v) is 12.7. The molecule has 0 aliphatic carbocycles. The first-order valence-corrected chi connectivity index (χ1v) is 7.39. The highest BCUT2D eigenvalue weighted by atomic mass is 35.5. The van der Waals surface area contributed by atoms with E-state index >= 15 is 0 Å². The van der Waals surface area contributed by atoms with Crippen LogP contribution in [0.3, 0.4) is 0 Å². The Morgan fingerprint density at radius 3 is 2.82 bits per heavy atom. The van der Waals surface area contributed by atoms with Crippen LogP contribution < -0.4 is 0 Å². The van der Waals surface area contributed by atoms with Gasteiger partial charge in [-0.1, -0.05) is 23.7 Å². The summed E-state index contributed by atoms with van der Waals surface area (Å²) < 4.78 is 1.76. The maximum Gasteiger partial charge on any atom is 0.111 e. The minimum absolute atomic E-state index is 0.702. The van der Waals surface area contributed by atoms with E-state index in [-0.39, 0.29) is 0 Å². The summed E-state index contributed by atoms with van der Waals surface area (Å²) in [5, 5.41) is 5.89. The van der Waals surface area contributed by atoms with E-state index in [2.05, 4.69) is 33.3 Å². The summed E-state index contributed by atoms with van der Waals surface area (Å²) in [5.41, 5.74) is 4.94. The monoisotopic (exact) mass is 308 g/mol. The summed E-state index contributed by atoms with van der Waals surface area (Å²) >= 11 is 6.58. The van der Waals surface area contributed by atoms with Gasteiger partial charge in [0, 0.05) is 24.8 Å². The first-order chi connectivity index (χ1) is 10.7. The van der Waals surface area contributed by atoms with E-state index in [1.807, 2.05) is 25.4 Å². The molecule has 22 heavy (non-hydrogen) atoms. The number of rotatable bonds is 2. The maximum absolute atomic E-state index is 6.58. The second-order valence-electron chi connectivity index (χ2n) is 5.32. The van der Waals surface area contributed by atoms with E-state index in [0.29, 0.717) is 5.02 Å². The first kappa shape index (κ1) is 13.2. The lowest BCUT2D eigenvalue weighted by Gasteiger charge is -2.07. The number of benzene rings is 1. The van der Waals surface area contributed by atoms with Crippen LogP contribution in [-0.2, 0) is 13.5 Å². The molecular formula is C17H13ClN4. The highest BCUT2D eigenvalue weighted by Crippen LogP contribution is 2.30. The minimum atomic E-state index is 0.702. The first-order valence-electron chi connectivity index (χ1n) is 7.01. The standard InChI is InChI=1S/C17H13ClN4/c1-22-17-15(10-20-22)21-14-5-4-11(8-13(14)16(17)18)7-12-3-2-6-19-9-12/h2-6,8-10H,7H2,1H3. The molecule has 3 aromatic heterocycles. The van der Waals surface area contributed by atoms with Gasteiger partial charge in [-0.25, -0.2) is 4.98 Å². The van der Waals surface area contributed by atoms with Crippen molar-refractivity contribution in [1.82, 2.24) is 19.7 Å². The molecule has 108 valence electrons. The van der Waals surface area contributed by atoms with Crippen LogP contribution in [0.1, 0.15) is 11.1 Å². The molecular weight excluding hydrogens is 296 g/mol. The van der Waals surface area contributed by atoms with Crippen molar-refractivity contribution in [3.63, 3.8) is 0 Å². The second-order valence-corrected chi connectivity index (χ2v) is 5.70. The maximum atomic E-state index is 6.58. The van der Waals surface area contributed by atoms with E-state index in [1.165, 1.54) is 11.1 Å². The molecule has 0 aliphatic rings. The minimum Gasteiger partial charge on any atom is -0.265 e. The Balaban J connectivity index is 1.87. The fourth-order valence-electron chi connectivity index (χ4n) is 2.72. The van der Waals surface area contributed by atoms with Gasteiger partial charge in [0.1, 0.15) is 11.0 Å². The molecule has 4 rings (SSSR count). The average molecular weight is 309 g/mol. The number of hydrogen-bond donors (Lipinski definition) is 0. The van der Waals surface area contributed by atoms with Gasteiger partial charge >= 0.3 is 0 Å². The molecule has 0 saturated heterocycles. The summed E-state index contributed by atoms with van der Waals surface area (Å²) in [4.78, 5) is 8.78. The van der Waals surface area contributed by atoms with Crippen molar-refractivity contribution in [2.45, 2.75) is 6.42 Å². The van der Waals surface area contributed by atoms with E-state index in [1.54, 1.807) is 17.1 Å². The highest BCUT2D eigenvalue weighted by Gasteiger charge is 2.11. The predicted molar refractivity (Wildman–Crippen MR) is 88.1 cm³/mol. The number of halogens is 1. The highest BCUT2D eigenvalue weighted by molar-refractivity contribution is 6.39. The van der Waals surface area contributed by atoms with Crippen molar-refractivity contribution in [3.05, 3.63) is 65.1 Å². The molecule has 4 nitrogen and oxygen atoms in total. The summed E-state index contributed by atoms with van der Waals surface area (Å²) in [6.45, 7) is 0. The van der Waals surface area contributed by atoms with Gasteiger partial charge < -0.3 is 0 Å². The lowest BCUT2D eigenvalue weighted by Crippen LogP contribution is -1.93. The van der Waals surface area contributed by atoms with E-state index in [0.717, 1.165) is 28.4 Å². The van der Waals surface area contributed by atoms with Crippen LogP contribution in [-0.4, -0.2) is 19.7 Å². The molecule has 5 heteroatoms. The SMILES string of the molecule is Cn1ncc2nc3ccc(Cc4cccnc4)cc3c(Cl)c21. The van der Waals surface area contributed by atoms with Gasteiger partial charge in [-0.2, -0.15) is 5.10 Å². The molecule has 0 aliphatic heterocycles. The second kappa shape index (κ2) is 5.07. The lowest BCUT2D eigenvalue weighted by atomic mass is 10.0. The third-order valence-electron chi connectivity index (χ3n) is 3.80. The third-order valence-corrected chi connectivity index (χ3v) is 4.18. The van der Waals surface area contributed by atoms with Crippen molar-refractivity contribution in [3.8, 4) is 0 Å². The van der Waals surface area contributed by atoms with Crippen molar-refractivity contribution in [2.75, 3.05) is 0 Å². The molecule has 0 fully saturated rings. The van der Waals surface area contributed by atoms with E-state index in [4.69, 9.17) is 11.6 Å². The van der Waals surface area contributed by atoms with E-state index in [9.17, 15) is 0 Å². The van der Waals surface area contributed by atoms with Crippen LogP contribution in [0.5, 0.6) is 0 Å². The molecule has 0 saturated carbocycles. The average Bonchev–Trinajstić information content (AvgIpc) is 2.90. The summed E-state index contributed by atoms with van der Waals surface area (Å²) in [7, 11) is 1.88. The van der Waals surface area contributed by atoms with Crippen LogP contribution in [0.2, 0.25) is 5.02 Å². The number of pyridine rings is 2. The summed E-state index contributed by atoms with van der Waals surface area (Å²) in [5.74, 6) is 0. The van der Waals surface area contributed by atoms with Gasteiger partial charge in [-0.05, 0) is 35.7 Å². The Morgan fingerprint density at radius 1 is 1.09 bits per heavy atom. The summed E-state index contributed by atoms with van der Waals surface area (Å²) in [6.07, 6.45) is 6.23. The van der Waals surface area contributed by atoms with Crippen molar-refractivity contribution in [2.24, 2.45) is 7.05 Å². The molecule has 0 spiro atoms. The Labute approximate surface area is 132 Å². The largest absolute Gasteiger partial charge is 0.265 e. The molecule has 0 N–H and O–H groups in total. The fraction of sp³-hybridized carbons (Fsp3) is 0.118. The molecule has 0 amide bonds. The normalized spacial score (nSPS) is 11.4. The van der Waals surface area contributed by atoms with Gasteiger partial charge in [-0.3, -0.25) is 9.67 Å². The zero-order chi connectivity index (χ0) is 15.1. The Bertz CT molecular complexity index is 976. The van der Waals surface area contributed by atoms with Crippen molar-refractivity contribution < 1.29 is 0 Å². The van der Waals surface area contributed by atoms with Crippen LogP contribution in [0, 0.1) is 0 Å². The molecule has 0 bridgehead atoms. The molecule has 4 aromatic rings. The van der Waals surface area contributed by atoms with Crippen LogP contribution in [0.4, 0.5) is 0 Å². The van der Waals surface area contributed by atoms with Gasteiger partial charge in [0.05, 0.1) is 16.7 Å². The molecule has 0 atom stereocenters. The Hall–Kier alpha value is -2.46. The fourth-order valence-corrected chi connectivity index (χ4v) is 3.09. The molecule has 3 heterocycles. The lowest BCUT2D eigenvalue weighted by molar-refractivity contribution is 0.797. The number of aryl methyl sites for hydroxylation is 1. The third kappa shape index (κ3) is 2.12. The number of fused-ring (bicyclic) bond motifs is 2. The molecule has 1 aromatic carbocycles. The topological polar surface area (TPSA) is 43.6 Å². The van der Waals surface area contributed by atoms with Gasteiger partial charge in [0.15, 0.2) is 0 Å². The van der Waals surface area contributed by atoms with Crippen LogP contribution in [0.25, 0.3) is 21.9 Å². The van der Waals surface area contributed by atoms with Gasteiger partial charge in [0.25, 0.3) is 0 Å². The Morgan fingerprint density at radius 2 is 2.00 bits per heavy atom. The quantitative estimate of drug-likeness (QED) is 0.566. The number of aromatic nitrogens is 4.